The summed E-state index contributed by atoms with van der Waals surface area (Å²) >= 11 is 0. The molecule has 0 bridgehead atoms. The van der Waals surface area contributed by atoms with Crippen molar-refractivity contribution in [2.75, 3.05) is 20.6 Å². The lowest BCUT2D eigenvalue weighted by Crippen LogP contribution is -2.57. The van der Waals surface area contributed by atoms with E-state index in [1.807, 2.05) is 0 Å². The van der Waals surface area contributed by atoms with Crippen molar-refractivity contribution in [2.45, 2.75) is 69.9 Å². The molecular formula is C15H30N2. The van der Waals surface area contributed by atoms with E-state index in [1.165, 1.54) is 57.9 Å². The molecule has 0 aromatic heterocycles. The van der Waals surface area contributed by atoms with Crippen LogP contribution in [0.2, 0.25) is 0 Å². The minimum Gasteiger partial charge on any atom is -0.312 e. The van der Waals surface area contributed by atoms with E-state index >= 15 is 0 Å². The van der Waals surface area contributed by atoms with Gasteiger partial charge >= 0.3 is 0 Å². The molecular weight excluding hydrogens is 208 g/mol. The van der Waals surface area contributed by atoms with Crippen molar-refractivity contribution in [3.8, 4) is 0 Å². The molecule has 2 heteroatoms. The van der Waals surface area contributed by atoms with E-state index in [1.54, 1.807) is 0 Å². The van der Waals surface area contributed by atoms with Gasteiger partial charge in [-0.05, 0) is 52.2 Å². The highest BCUT2D eigenvalue weighted by atomic mass is 15.2. The normalized spacial score (nSPS) is 25.4. The fourth-order valence-corrected chi connectivity index (χ4v) is 3.59. The molecule has 1 unspecified atom stereocenters. The highest BCUT2D eigenvalue weighted by Gasteiger charge is 2.44. The van der Waals surface area contributed by atoms with Crippen molar-refractivity contribution in [2.24, 2.45) is 5.92 Å². The van der Waals surface area contributed by atoms with Crippen LogP contribution in [-0.4, -0.2) is 37.1 Å². The Morgan fingerprint density at radius 1 is 1.24 bits per heavy atom. The third kappa shape index (κ3) is 3.03. The number of hydrogen-bond acceptors (Lipinski definition) is 2. The van der Waals surface area contributed by atoms with Crippen LogP contribution in [0, 0.1) is 5.92 Å². The maximum absolute atomic E-state index is 3.86. The zero-order chi connectivity index (χ0) is 12.3. The molecule has 0 radical (unpaired) electrons. The largest absolute Gasteiger partial charge is 0.312 e. The summed E-state index contributed by atoms with van der Waals surface area (Å²) in [5, 5.41) is 3.86. The number of likely N-dealkylation sites (N-methyl/N-ethyl adjacent to an activating group) is 1. The van der Waals surface area contributed by atoms with Gasteiger partial charge in [0, 0.05) is 11.6 Å². The van der Waals surface area contributed by atoms with Crippen LogP contribution < -0.4 is 5.32 Å². The molecule has 100 valence electrons. The maximum atomic E-state index is 3.86. The van der Waals surface area contributed by atoms with E-state index in [0.717, 1.165) is 12.0 Å². The van der Waals surface area contributed by atoms with Gasteiger partial charge in [-0.1, -0.05) is 32.6 Å². The van der Waals surface area contributed by atoms with Gasteiger partial charge < -0.3 is 10.2 Å². The molecule has 0 spiro atoms. The predicted molar refractivity (Wildman–Crippen MR) is 74.3 cm³/mol. The fraction of sp³-hybridized carbons (Fsp3) is 1.00. The first-order valence-corrected chi connectivity index (χ1v) is 7.60. The molecule has 2 rings (SSSR count). The van der Waals surface area contributed by atoms with Crippen LogP contribution in [0.5, 0.6) is 0 Å². The Morgan fingerprint density at radius 3 is 2.35 bits per heavy atom. The van der Waals surface area contributed by atoms with Crippen molar-refractivity contribution in [3.05, 3.63) is 0 Å². The van der Waals surface area contributed by atoms with Gasteiger partial charge in [-0.2, -0.15) is 0 Å². The smallest absolute Gasteiger partial charge is 0.0356 e. The standard InChI is InChI=1S/C15H30N2/c1-4-11-16-14(12-13-7-8-13)15(17(2)3)9-5-6-10-15/h13-14,16H,4-12H2,1-3H3. The Balaban J connectivity index is 2.03. The van der Waals surface area contributed by atoms with Gasteiger partial charge in [0.15, 0.2) is 0 Å². The minimum absolute atomic E-state index is 0.456. The first-order chi connectivity index (χ1) is 8.19. The van der Waals surface area contributed by atoms with Gasteiger partial charge in [0.25, 0.3) is 0 Å². The van der Waals surface area contributed by atoms with Crippen LogP contribution in [0.3, 0.4) is 0 Å². The van der Waals surface area contributed by atoms with Crippen molar-refractivity contribution >= 4 is 0 Å². The summed E-state index contributed by atoms with van der Waals surface area (Å²) in [5.74, 6) is 1.03. The summed E-state index contributed by atoms with van der Waals surface area (Å²) in [6, 6.07) is 0.729. The molecule has 0 amide bonds. The molecule has 0 aliphatic heterocycles. The molecule has 2 aliphatic rings. The van der Waals surface area contributed by atoms with Gasteiger partial charge in [0.2, 0.25) is 0 Å². The van der Waals surface area contributed by atoms with E-state index in [9.17, 15) is 0 Å². The lowest BCUT2D eigenvalue weighted by atomic mass is 9.83. The monoisotopic (exact) mass is 238 g/mol. The van der Waals surface area contributed by atoms with Crippen molar-refractivity contribution < 1.29 is 0 Å². The number of nitrogens with one attached hydrogen (secondary N) is 1. The zero-order valence-electron chi connectivity index (χ0n) is 12.0. The molecule has 1 atom stereocenters. The van der Waals surface area contributed by atoms with E-state index in [-0.39, 0.29) is 0 Å². The number of hydrogen-bond donors (Lipinski definition) is 1. The highest BCUT2D eigenvalue weighted by Crippen LogP contribution is 2.42. The molecule has 0 aromatic rings. The maximum Gasteiger partial charge on any atom is 0.0356 e. The summed E-state index contributed by atoms with van der Waals surface area (Å²) < 4.78 is 0. The Kier molecular flexibility index (Phi) is 4.48. The molecule has 2 aliphatic carbocycles. The average Bonchev–Trinajstić information content (AvgIpc) is 2.97. The Bertz CT molecular complexity index is 227. The molecule has 1 N–H and O–H groups in total. The van der Waals surface area contributed by atoms with Gasteiger partial charge in [0.05, 0.1) is 0 Å². The molecule has 2 saturated carbocycles. The van der Waals surface area contributed by atoms with Crippen LogP contribution >= 0.6 is 0 Å². The summed E-state index contributed by atoms with van der Waals surface area (Å²) in [4.78, 5) is 2.52. The summed E-state index contributed by atoms with van der Waals surface area (Å²) in [6.07, 6.45) is 11.3. The van der Waals surface area contributed by atoms with Crippen LogP contribution in [0.1, 0.15) is 58.3 Å². The van der Waals surface area contributed by atoms with Crippen molar-refractivity contribution in [3.63, 3.8) is 0 Å². The van der Waals surface area contributed by atoms with Crippen molar-refractivity contribution in [1.29, 1.82) is 0 Å². The van der Waals surface area contributed by atoms with E-state index < -0.39 is 0 Å². The SMILES string of the molecule is CCCNC(CC1CC1)C1(N(C)C)CCCC1. The lowest BCUT2D eigenvalue weighted by molar-refractivity contribution is 0.0970. The lowest BCUT2D eigenvalue weighted by Gasteiger charge is -2.44. The predicted octanol–water partition coefficient (Wildman–Crippen LogP) is 3.03. The topological polar surface area (TPSA) is 15.3 Å². The second-order valence-corrected chi connectivity index (χ2v) is 6.39. The van der Waals surface area contributed by atoms with Crippen molar-refractivity contribution in [1.82, 2.24) is 10.2 Å². The quantitative estimate of drug-likeness (QED) is 0.733. The Labute approximate surface area is 107 Å². The van der Waals surface area contributed by atoms with Crippen LogP contribution in [0.15, 0.2) is 0 Å². The van der Waals surface area contributed by atoms with Crippen LogP contribution in [0.25, 0.3) is 0 Å². The number of nitrogens with zero attached hydrogens (tertiary/aromatic N) is 1. The summed E-state index contributed by atoms with van der Waals surface area (Å²) in [5.41, 5.74) is 0.456. The summed E-state index contributed by atoms with van der Waals surface area (Å²) in [6.45, 7) is 3.46. The average molecular weight is 238 g/mol. The highest BCUT2D eigenvalue weighted by molar-refractivity contribution is 5.03. The second-order valence-electron chi connectivity index (χ2n) is 6.39. The molecule has 17 heavy (non-hydrogen) atoms. The first-order valence-electron chi connectivity index (χ1n) is 7.60. The Hall–Kier alpha value is -0.0800. The van der Waals surface area contributed by atoms with Gasteiger partial charge in [-0.15, -0.1) is 0 Å². The van der Waals surface area contributed by atoms with Gasteiger partial charge in [-0.3, -0.25) is 0 Å². The first kappa shape index (κ1) is 13.4. The molecule has 0 heterocycles. The Morgan fingerprint density at radius 2 is 1.88 bits per heavy atom. The molecule has 2 nitrogen and oxygen atoms in total. The third-order valence-electron chi connectivity index (χ3n) is 4.92. The van der Waals surface area contributed by atoms with Crippen LogP contribution in [0.4, 0.5) is 0 Å². The minimum atomic E-state index is 0.456. The molecule has 0 aromatic carbocycles. The van der Waals surface area contributed by atoms with E-state index in [2.05, 4.69) is 31.2 Å². The van der Waals surface area contributed by atoms with E-state index in [4.69, 9.17) is 0 Å². The van der Waals surface area contributed by atoms with Gasteiger partial charge in [-0.25, -0.2) is 0 Å². The third-order valence-corrected chi connectivity index (χ3v) is 4.92. The summed E-state index contributed by atoms with van der Waals surface area (Å²) in [7, 11) is 4.58. The van der Waals surface area contributed by atoms with Gasteiger partial charge in [0.1, 0.15) is 0 Å². The number of rotatable bonds is 7. The van der Waals surface area contributed by atoms with E-state index in [0.29, 0.717) is 5.54 Å². The second kappa shape index (κ2) is 5.71. The fourth-order valence-electron chi connectivity index (χ4n) is 3.59. The van der Waals surface area contributed by atoms with Crippen LogP contribution in [-0.2, 0) is 0 Å². The zero-order valence-corrected chi connectivity index (χ0v) is 12.0. The molecule has 2 fully saturated rings. The molecule has 0 saturated heterocycles.